The molecule has 1 amide bonds. The third-order valence-electron chi connectivity index (χ3n) is 4.27. The van der Waals surface area contributed by atoms with E-state index in [1.165, 1.54) is 5.56 Å². The minimum Gasteiger partial charge on any atom is -0.335 e. The minimum atomic E-state index is 0.102. The average molecular weight is 275 g/mol. The average Bonchev–Trinajstić information content (AvgIpc) is 2.50. The zero-order valence-electron chi connectivity index (χ0n) is 13.6. The molecule has 0 aliphatic rings. The Balaban J connectivity index is 2.94. The van der Waals surface area contributed by atoms with Crippen molar-refractivity contribution in [3.05, 3.63) is 35.9 Å². The third-order valence-corrected chi connectivity index (χ3v) is 4.27. The lowest BCUT2D eigenvalue weighted by atomic mass is 10.00. The van der Waals surface area contributed by atoms with Gasteiger partial charge in [-0.2, -0.15) is 0 Å². The van der Waals surface area contributed by atoms with Crippen LogP contribution in [0.4, 0.5) is 0 Å². The first-order valence-electron chi connectivity index (χ1n) is 7.86. The van der Waals surface area contributed by atoms with Crippen LogP contribution in [0, 0.1) is 11.8 Å². The summed E-state index contributed by atoms with van der Waals surface area (Å²) in [6.45, 7) is 11.5. The summed E-state index contributed by atoms with van der Waals surface area (Å²) in [5.74, 6) is 0.920. The van der Waals surface area contributed by atoms with Gasteiger partial charge in [-0.05, 0) is 24.8 Å². The molecule has 0 aliphatic heterocycles. The van der Waals surface area contributed by atoms with E-state index in [1.807, 2.05) is 25.1 Å². The zero-order valence-corrected chi connectivity index (χ0v) is 13.6. The standard InChI is InChI=1S/C18H29NO/c1-6-14(3)13-19(18(20)15(4)7-2)16(5)17-11-9-8-10-12-17/h8-12,14-16H,6-7,13H2,1-5H3/t14?,15?,16-/m1/s1. The van der Waals surface area contributed by atoms with E-state index in [1.54, 1.807) is 0 Å². The fourth-order valence-electron chi connectivity index (χ4n) is 2.27. The maximum absolute atomic E-state index is 12.7. The number of amides is 1. The summed E-state index contributed by atoms with van der Waals surface area (Å²) in [7, 11) is 0. The van der Waals surface area contributed by atoms with E-state index in [0.717, 1.165) is 19.4 Å². The van der Waals surface area contributed by atoms with Crippen LogP contribution in [0.2, 0.25) is 0 Å². The molecule has 0 fully saturated rings. The first kappa shape index (κ1) is 16.7. The number of hydrogen-bond donors (Lipinski definition) is 0. The molecule has 0 heterocycles. The summed E-state index contributed by atoms with van der Waals surface area (Å²) in [5.41, 5.74) is 1.22. The molecular weight excluding hydrogens is 246 g/mol. The van der Waals surface area contributed by atoms with Gasteiger partial charge < -0.3 is 4.90 Å². The van der Waals surface area contributed by atoms with Crippen LogP contribution >= 0.6 is 0 Å². The predicted octanol–water partition coefficient (Wildman–Crippen LogP) is 4.67. The first-order valence-corrected chi connectivity index (χ1v) is 7.86. The topological polar surface area (TPSA) is 20.3 Å². The van der Waals surface area contributed by atoms with Gasteiger partial charge in [-0.25, -0.2) is 0 Å². The van der Waals surface area contributed by atoms with Crippen LogP contribution in [-0.2, 0) is 4.79 Å². The summed E-state index contributed by atoms with van der Waals surface area (Å²) in [5, 5.41) is 0. The van der Waals surface area contributed by atoms with Crippen LogP contribution < -0.4 is 0 Å². The molecule has 3 atom stereocenters. The van der Waals surface area contributed by atoms with E-state index in [4.69, 9.17) is 0 Å². The first-order chi connectivity index (χ1) is 9.51. The highest BCUT2D eigenvalue weighted by Crippen LogP contribution is 2.24. The smallest absolute Gasteiger partial charge is 0.225 e. The van der Waals surface area contributed by atoms with Gasteiger partial charge in [0.25, 0.3) is 0 Å². The Morgan fingerprint density at radius 1 is 1.05 bits per heavy atom. The van der Waals surface area contributed by atoms with E-state index >= 15 is 0 Å². The van der Waals surface area contributed by atoms with E-state index in [0.29, 0.717) is 5.92 Å². The molecular formula is C18H29NO. The van der Waals surface area contributed by atoms with Crippen molar-refractivity contribution in [3.8, 4) is 0 Å². The van der Waals surface area contributed by atoms with Crippen LogP contribution in [0.15, 0.2) is 30.3 Å². The Morgan fingerprint density at radius 2 is 1.65 bits per heavy atom. The molecule has 0 N–H and O–H groups in total. The largest absolute Gasteiger partial charge is 0.335 e. The van der Waals surface area contributed by atoms with E-state index < -0.39 is 0 Å². The number of nitrogens with zero attached hydrogens (tertiary/aromatic N) is 1. The van der Waals surface area contributed by atoms with Crippen molar-refractivity contribution in [1.29, 1.82) is 0 Å². The molecule has 2 nitrogen and oxygen atoms in total. The lowest BCUT2D eigenvalue weighted by molar-refractivity contribution is -0.138. The molecule has 0 radical (unpaired) electrons. The van der Waals surface area contributed by atoms with Gasteiger partial charge in [-0.3, -0.25) is 4.79 Å². The SMILES string of the molecule is CCC(C)CN(C(=O)C(C)CC)[C@H](C)c1ccccc1. The van der Waals surface area contributed by atoms with Crippen molar-refractivity contribution in [2.24, 2.45) is 11.8 Å². The van der Waals surface area contributed by atoms with E-state index in [2.05, 4.69) is 44.7 Å². The Kier molecular flexibility index (Phi) is 6.77. The summed E-state index contributed by atoms with van der Waals surface area (Å²) in [4.78, 5) is 14.7. The van der Waals surface area contributed by atoms with Gasteiger partial charge in [0.1, 0.15) is 0 Å². The van der Waals surface area contributed by atoms with Crippen molar-refractivity contribution in [3.63, 3.8) is 0 Å². The van der Waals surface area contributed by atoms with Crippen molar-refractivity contribution in [2.75, 3.05) is 6.54 Å². The van der Waals surface area contributed by atoms with Crippen LogP contribution in [0.5, 0.6) is 0 Å². The molecule has 1 aromatic rings. The van der Waals surface area contributed by atoms with Gasteiger partial charge in [0.15, 0.2) is 0 Å². The quantitative estimate of drug-likeness (QED) is 0.708. The fraction of sp³-hybridized carbons (Fsp3) is 0.611. The summed E-state index contributed by atoms with van der Waals surface area (Å²) >= 11 is 0. The monoisotopic (exact) mass is 275 g/mol. The second-order valence-electron chi connectivity index (χ2n) is 5.90. The normalized spacial score (nSPS) is 15.4. The Labute approximate surface area is 124 Å². The van der Waals surface area contributed by atoms with Gasteiger partial charge in [-0.15, -0.1) is 0 Å². The van der Waals surface area contributed by atoms with Crippen LogP contribution in [-0.4, -0.2) is 17.4 Å². The van der Waals surface area contributed by atoms with Crippen molar-refractivity contribution < 1.29 is 4.79 Å². The summed E-state index contributed by atoms with van der Waals surface area (Å²) in [6.07, 6.45) is 2.00. The second-order valence-corrected chi connectivity index (χ2v) is 5.90. The molecule has 20 heavy (non-hydrogen) atoms. The number of carbonyl (C=O) groups is 1. The number of benzene rings is 1. The van der Waals surface area contributed by atoms with Crippen LogP contribution in [0.1, 0.15) is 59.1 Å². The van der Waals surface area contributed by atoms with Gasteiger partial charge in [0.2, 0.25) is 5.91 Å². The lowest BCUT2D eigenvalue weighted by Crippen LogP contribution is -2.39. The van der Waals surface area contributed by atoms with Crippen molar-refractivity contribution >= 4 is 5.91 Å². The van der Waals surface area contributed by atoms with Gasteiger partial charge >= 0.3 is 0 Å². The highest BCUT2D eigenvalue weighted by Gasteiger charge is 2.25. The molecule has 0 aromatic heterocycles. The maximum Gasteiger partial charge on any atom is 0.225 e. The molecule has 0 saturated carbocycles. The maximum atomic E-state index is 12.7. The molecule has 2 unspecified atom stereocenters. The van der Waals surface area contributed by atoms with Gasteiger partial charge in [0.05, 0.1) is 6.04 Å². The lowest BCUT2D eigenvalue weighted by Gasteiger charge is -2.33. The number of rotatable bonds is 7. The molecule has 0 saturated heterocycles. The molecule has 2 heteroatoms. The number of carbonyl (C=O) groups excluding carboxylic acids is 1. The van der Waals surface area contributed by atoms with Crippen molar-refractivity contribution in [1.82, 2.24) is 4.90 Å². The molecule has 1 aromatic carbocycles. The minimum absolute atomic E-state index is 0.102. The Morgan fingerprint density at radius 3 is 2.15 bits per heavy atom. The molecule has 112 valence electrons. The highest BCUT2D eigenvalue weighted by atomic mass is 16.2. The number of hydrogen-bond acceptors (Lipinski definition) is 1. The third kappa shape index (κ3) is 4.36. The Bertz CT molecular complexity index is 401. The van der Waals surface area contributed by atoms with Crippen molar-refractivity contribution in [2.45, 2.75) is 53.5 Å². The van der Waals surface area contributed by atoms with Crippen LogP contribution in [0.3, 0.4) is 0 Å². The predicted molar refractivity (Wildman–Crippen MR) is 85.5 cm³/mol. The van der Waals surface area contributed by atoms with E-state index in [9.17, 15) is 4.79 Å². The zero-order chi connectivity index (χ0) is 15.1. The highest BCUT2D eigenvalue weighted by molar-refractivity contribution is 5.79. The second kappa shape index (κ2) is 8.08. The molecule has 1 rings (SSSR count). The van der Waals surface area contributed by atoms with Crippen LogP contribution in [0.25, 0.3) is 0 Å². The summed E-state index contributed by atoms with van der Waals surface area (Å²) < 4.78 is 0. The molecule has 0 aliphatic carbocycles. The Hall–Kier alpha value is -1.31. The molecule has 0 spiro atoms. The van der Waals surface area contributed by atoms with Gasteiger partial charge in [0, 0.05) is 12.5 Å². The fourth-order valence-corrected chi connectivity index (χ4v) is 2.27. The van der Waals surface area contributed by atoms with Gasteiger partial charge in [-0.1, -0.05) is 64.4 Å². The van der Waals surface area contributed by atoms with E-state index in [-0.39, 0.29) is 17.9 Å². The molecule has 0 bridgehead atoms. The summed E-state index contributed by atoms with van der Waals surface area (Å²) in [6, 6.07) is 10.5.